The molecule has 0 unspecified atom stereocenters. The highest BCUT2D eigenvalue weighted by Gasteiger charge is 2.24. The summed E-state index contributed by atoms with van der Waals surface area (Å²) in [5.74, 6) is 0. The Kier molecular flexibility index (Phi) is 4.07. The van der Waals surface area contributed by atoms with E-state index in [-0.39, 0.29) is 10.6 Å². The van der Waals surface area contributed by atoms with Crippen LogP contribution < -0.4 is 10.0 Å². The van der Waals surface area contributed by atoms with Gasteiger partial charge in [0.15, 0.2) is 0 Å². The van der Waals surface area contributed by atoms with Crippen molar-refractivity contribution in [3.63, 3.8) is 0 Å². The lowest BCUT2D eigenvalue weighted by Gasteiger charge is -2.20. The molecule has 2 N–H and O–H groups in total. The average molecular weight is 322 g/mol. The van der Waals surface area contributed by atoms with Gasteiger partial charge in [-0.1, -0.05) is 17.7 Å². The smallest absolute Gasteiger partial charge is 0.266 e. The standard InChI is InChI=1S/C14H12ClN3O2S/c1-18(12-4-2-3-10(7-12)9-16)21(19,20)14-6-5-11(15)8-13(14)17/h2-8H,17H2,1H3. The molecule has 0 amide bonds. The third-order valence-corrected chi connectivity index (χ3v) is 5.04. The molecule has 0 radical (unpaired) electrons. The van der Waals surface area contributed by atoms with Crippen LogP contribution in [-0.4, -0.2) is 15.5 Å². The van der Waals surface area contributed by atoms with Crippen LogP contribution in [0.15, 0.2) is 47.4 Å². The van der Waals surface area contributed by atoms with Gasteiger partial charge in [-0.15, -0.1) is 0 Å². The molecule has 0 aliphatic carbocycles. The zero-order chi connectivity index (χ0) is 15.6. The number of hydrogen-bond acceptors (Lipinski definition) is 4. The van der Waals surface area contributed by atoms with Gasteiger partial charge < -0.3 is 5.73 Å². The van der Waals surface area contributed by atoms with Gasteiger partial charge in [-0.3, -0.25) is 4.31 Å². The van der Waals surface area contributed by atoms with Crippen molar-refractivity contribution in [1.82, 2.24) is 0 Å². The SMILES string of the molecule is CN(c1cccc(C#N)c1)S(=O)(=O)c1ccc(Cl)cc1N. The summed E-state index contributed by atoms with van der Waals surface area (Å²) < 4.78 is 26.2. The van der Waals surface area contributed by atoms with Gasteiger partial charge in [0.05, 0.1) is 23.0 Å². The van der Waals surface area contributed by atoms with Crippen molar-refractivity contribution in [2.45, 2.75) is 4.90 Å². The summed E-state index contributed by atoms with van der Waals surface area (Å²) in [5, 5.41) is 9.25. The van der Waals surface area contributed by atoms with Crippen molar-refractivity contribution >= 4 is 33.0 Å². The molecule has 0 aliphatic heterocycles. The van der Waals surface area contributed by atoms with E-state index in [2.05, 4.69) is 0 Å². The van der Waals surface area contributed by atoms with Crippen LogP contribution in [-0.2, 0) is 10.0 Å². The van der Waals surface area contributed by atoms with Crippen LogP contribution in [0.3, 0.4) is 0 Å². The molecule has 0 heterocycles. The molecule has 21 heavy (non-hydrogen) atoms. The molecule has 0 saturated heterocycles. The van der Waals surface area contributed by atoms with Crippen LogP contribution in [0.1, 0.15) is 5.56 Å². The number of anilines is 2. The molecule has 2 aromatic rings. The summed E-state index contributed by atoms with van der Waals surface area (Å²) in [6.07, 6.45) is 0. The second-order valence-corrected chi connectivity index (χ2v) is 6.69. The van der Waals surface area contributed by atoms with Gasteiger partial charge in [-0.25, -0.2) is 8.42 Å². The zero-order valence-corrected chi connectivity index (χ0v) is 12.7. The monoisotopic (exact) mass is 321 g/mol. The fraction of sp³-hybridized carbons (Fsp3) is 0.0714. The van der Waals surface area contributed by atoms with Crippen LogP contribution in [0.5, 0.6) is 0 Å². The number of nitrogen functional groups attached to an aromatic ring is 1. The number of nitrogens with zero attached hydrogens (tertiary/aromatic N) is 2. The lowest BCUT2D eigenvalue weighted by molar-refractivity contribution is 0.595. The number of benzene rings is 2. The molecule has 2 aromatic carbocycles. The molecule has 0 bridgehead atoms. The van der Waals surface area contributed by atoms with Gasteiger partial charge in [0.2, 0.25) is 0 Å². The van der Waals surface area contributed by atoms with E-state index in [1.54, 1.807) is 18.2 Å². The minimum absolute atomic E-state index is 0.0308. The number of nitrogens with two attached hydrogens (primary N) is 1. The first-order valence-electron chi connectivity index (χ1n) is 5.90. The highest BCUT2D eigenvalue weighted by Crippen LogP contribution is 2.28. The van der Waals surface area contributed by atoms with E-state index < -0.39 is 10.0 Å². The Hall–Kier alpha value is -2.23. The predicted molar refractivity (Wildman–Crippen MR) is 82.6 cm³/mol. The Labute approximate surface area is 128 Å². The first kappa shape index (κ1) is 15.2. The van der Waals surface area contributed by atoms with Crippen molar-refractivity contribution in [1.29, 1.82) is 5.26 Å². The molecule has 0 fully saturated rings. The summed E-state index contributed by atoms with van der Waals surface area (Å²) in [6, 6.07) is 12.5. The van der Waals surface area contributed by atoms with Gasteiger partial charge >= 0.3 is 0 Å². The largest absolute Gasteiger partial charge is 0.398 e. The van der Waals surface area contributed by atoms with Crippen LogP contribution in [0, 0.1) is 11.3 Å². The number of halogens is 1. The van der Waals surface area contributed by atoms with E-state index in [1.807, 2.05) is 6.07 Å². The third kappa shape index (κ3) is 2.94. The molecular formula is C14H12ClN3O2S. The van der Waals surface area contributed by atoms with Gasteiger partial charge in [-0.2, -0.15) is 5.26 Å². The highest BCUT2D eigenvalue weighted by molar-refractivity contribution is 7.93. The molecule has 0 saturated carbocycles. The first-order chi connectivity index (χ1) is 9.86. The topological polar surface area (TPSA) is 87.2 Å². The number of rotatable bonds is 3. The molecule has 0 spiro atoms. The lowest BCUT2D eigenvalue weighted by Crippen LogP contribution is -2.27. The van der Waals surface area contributed by atoms with E-state index >= 15 is 0 Å². The van der Waals surface area contributed by atoms with E-state index in [0.717, 1.165) is 4.31 Å². The zero-order valence-electron chi connectivity index (χ0n) is 11.1. The molecule has 5 nitrogen and oxygen atoms in total. The number of sulfonamides is 1. The molecule has 0 atom stereocenters. The van der Waals surface area contributed by atoms with Crippen LogP contribution in [0.2, 0.25) is 5.02 Å². The first-order valence-corrected chi connectivity index (χ1v) is 7.72. The molecule has 0 aromatic heterocycles. The van der Waals surface area contributed by atoms with Gasteiger partial charge in [0, 0.05) is 12.1 Å². The summed E-state index contributed by atoms with van der Waals surface area (Å²) in [6.45, 7) is 0. The summed E-state index contributed by atoms with van der Waals surface area (Å²) in [7, 11) is -2.42. The fourth-order valence-corrected chi connectivity index (χ4v) is 3.28. The van der Waals surface area contributed by atoms with Crippen LogP contribution >= 0.6 is 11.6 Å². The van der Waals surface area contributed by atoms with Crippen molar-refractivity contribution in [3.8, 4) is 6.07 Å². The quantitative estimate of drug-likeness (QED) is 0.880. The Morgan fingerprint density at radius 3 is 2.57 bits per heavy atom. The Morgan fingerprint density at radius 1 is 1.24 bits per heavy atom. The summed E-state index contributed by atoms with van der Waals surface area (Å²) >= 11 is 5.78. The second-order valence-electron chi connectivity index (χ2n) is 4.32. The average Bonchev–Trinajstić information content (AvgIpc) is 2.46. The van der Waals surface area contributed by atoms with Crippen molar-refractivity contribution in [2.75, 3.05) is 17.1 Å². The number of hydrogen-bond donors (Lipinski definition) is 1. The van der Waals surface area contributed by atoms with Crippen LogP contribution in [0.4, 0.5) is 11.4 Å². The van der Waals surface area contributed by atoms with Crippen molar-refractivity contribution in [2.24, 2.45) is 0 Å². The highest BCUT2D eigenvalue weighted by atomic mass is 35.5. The second kappa shape index (κ2) is 5.64. The molecule has 0 aliphatic rings. The molecular weight excluding hydrogens is 310 g/mol. The minimum Gasteiger partial charge on any atom is -0.398 e. The normalized spacial score (nSPS) is 10.9. The number of nitriles is 1. The van der Waals surface area contributed by atoms with Gasteiger partial charge in [-0.05, 0) is 36.4 Å². The molecule has 2 rings (SSSR count). The summed E-state index contributed by atoms with van der Waals surface area (Å²) in [5.41, 5.74) is 6.56. The Balaban J connectivity index is 2.50. The van der Waals surface area contributed by atoms with Crippen molar-refractivity contribution < 1.29 is 8.42 Å². The maximum Gasteiger partial charge on any atom is 0.266 e. The van der Waals surface area contributed by atoms with Gasteiger partial charge in [0.25, 0.3) is 10.0 Å². The Morgan fingerprint density at radius 2 is 1.95 bits per heavy atom. The predicted octanol–water partition coefficient (Wildman–Crippen LogP) is 2.62. The molecule has 108 valence electrons. The third-order valence-electron chi connectivity index (χ3n) is 2.95. The maximum atomic E-state index is 12.6. The van der Waals surface area contributed by atoms with E-state index in [4.69, 9.17) is 22.6 Å². The Bertz CT molecular complexity index is 828. The van der Waals surface area contributed by atoms with E-state index in [9.17, 15) is 8.42 Å². The van der Waals surface area contributed by atoms with Gasteiger partial charge in [0.1, 0.15) is 4.90 Å². The maximum absolute atomic E-state index is 12.6. The molecule has 7 heteroatoms. The minimum atomic E-state index is -3.82. The summed E-state index contributed by atoms with van der Waals surface area (Å²) in [4.78, 5) is -0.0308. The van der Waals surface area contributed by atoms with Crippen LogP contribution in [0.25, 0.3) is 0 Å². The lowest BCUT2D eigenvalue weighted by atomic mass is 10.2. The van der Waals surface area contributed by atoms with E-state index in [0.29, 0.717) is 16.3 Å². The fourth-order valence-electron chi connectivity index (χ4n) is 1.81. The van der Waals surface area contributed by atoms with Crippen molar-refractivity contribution in [3.05, 3.63) is 53.1 Å². The van der Waals surface area contributed by atoms with E-state index in [1.165, 1.54) is 31.3 Å².